The van der Waals surface area contributed by atoms with Crippen molar-refractivity contribution in [1.29, 1.82) is 0 Å². The van der Waals surface area contributed by atoms with Crippen LogP contribution < -0.4 is 4.74 Å². The average molecular weight is 486 g/mol. The molecule has 3 heterocycles. The van der Waals surface area contributed by atoms with E-state index in [1.54, 1.807) is 17.6 Å². The van der Waals surface area contributed by atoms with Gasteiger partial charge in [-0.3, -0.25) is 4.90 Å². The summed E-state index contributed by atoms with van der Waals surface area (Å²) in [6.07, 6.45) is 1.70. The molecule has 180 valence electrons. The Morgan fingerprint density at radius 3 is 2.65 bits per heavy atom. The minimum atomic E-state index is -1.33. The maximum absolute atomic E-state index is 11.5. The molecule has 1 aliphatic heterocycles. The Balaban J connectivity index is 1.53. The molecular formula is C23H27N5O5S. The molecule has 4 rings (SSSR count). The molecule has 0 aliphatic carbocycles. The van der Waals surface area contributed by atoms with Crippen LogP contribution in [0, 0.1) is 13.8 Å². The molecule has 1 N–H and O–H groups in total. The van der Waals surface area contributed by atoms with Crippen LogP contribution in [0.1, 0.15) is 36.4 Å². The predicted octanol–water partition coefficient (Wildman–Crippen LogP) is 3.85. The quantitative estimate of drug-likeness (QED) is 0.457. The second kappa shape index (κ2) is 9.92. The summed E-state index contributed by atoms with van der Waals surface area (Å²) in [5.74, 6) is 0.541. The van der Waals surface area contributed by atoms with Crippen LogP contribution in [0.2, 0.25) is 0 Å². The lowest BCUT2D eigenvalue weighted by Crippen LogP contribution is -2.38. The minimum Gasteiger partial charge on any atom is -0.478 e. The highest BCUT2D eigenvalue weighted by molar-refractivity contribution is 7.13. The molecule has 0 bridgehead atoms. The number of aromatic nitrogens is 2. The molecule has 34 heavy (non-hydrogen) atoms. The summed E-state index contributed by atoms with van der Waals surface area (Å²) in [4.78, 5) is 20.0. The van der Waals surface area contributed by atoms with Gasteiger partial charge in [0.15, 0.2) is 5.60 Å². The van der Waals surface area contributed by atoms with E-state index >= 15 is 0 Å². The summed E-state index contributed by atoms with van der Waals surface area (Å²) >= 11 is 1.54. The van der Waals surface area contributed by atoms with Crippen molar-refractivity contribution < 1.29 is 23.9 Å². The molecule has 1 aliphatic rings. The van der Waals surface area contributed by atoms with Gasteiger partial charge in [0.1, 0.15) is 19.0 Å². The first kappa shape index (κ1) is 23.9. The van der Waals surface area contributed by atoms with Crippen LogP contribution in [-0.4, -0.2) is 56.4 Å². The number of hydrogen-bond donors (Lipinski definition) is 1. The Labute approximate surface area is 201 Å². The van der Waals surface area contributed by atoms with E-state index in [-0.39, 0.29) is 0 Å². The fourth-order valence-corrected chi connectivity index (χ4v) is 4.18. The number of rotatable bonds is 10. The summed E-state index contributed by atoms with van der Waals surface area (Å²) in [6.45, 7) is 8.67. The zero-order chi connectivity index (χ0) is 24.3. The Hall–Kier alpha value is -3.28. The van der Waals surface area contributed by atoms with E-state index in [1.165, 1.54) is 19.0 Å². The molecule has 0 saturated carbocycles. The SMILES string of the molecule is Cc1cc(CN(Cc2nnc(-c3cccs3)o2)CN2N=CCO2)cc(C)c1OC(C)(C)C(=O)O. The topological polar surface area (TPSA) is 114 Å². The minimum absolute atomic E-state index is 0.398. The van der Waals surface area contributed by atoms with Gasteiger partial charge in [0.25, 0.3) is 5.89 Å². The number of hydroxylamine groups is 1. The highest BCUT2D eigenvalue weighted by atomic mass is 32.1. The van der Waals surface area contributed by atoms with Crippen molar-refractivity contribution >= 4 is 23.5 Å². The normalized spacial score (nSPS) is 13.7. The maximum atomic E-state index is 11.5. The molecule has 0 amide bonds. The highest BCUT2D eigenvalue weighted by Crippen LogP contribution is 2.30. The first-order valence-corrected chi connectivity index (χ1v) is 11.6. The number of aryl methyl sites for hydroxylation is 2. The maximum Gasteiger partial charge on any atom is 0.347 e. The van der Waals surface area contributed by atoms with Gasteiger partial charge < -0.3 is 14.3 Å². The van der Waals surface area contributed by atoms with Gasteiger partial charge in [-0.25, -0.2) is 9.63 Å². The van der Waals surface area contributed by atoms with Crippen LogP contribution in [-0.2, 0) is 22.7 Å². The lowest BCUT2D eigenvalue weighted by atomic mass is 10.0. The molecule has 11 heteroatoms. The number of benzene rings is 1. The van der Waals surface area contributed by atoms with Gasteiger partial charge in [0, 0.05) is 6.54 Å². The van der Waals surface area contributed by atoms with Crippen molar-refractivity contribution in [3.63, 3.8) is 0 Å². The number of thiophene rings is 1. The zero-order valence-electron chi connectivity index (χ0n) is 19.5. The van der Waals surface area contributed by atoms with Gasteiger partial charge in [-0.05, 0) is 55.8 Å². The molecule has 10 nitrogen and oxygen atoms in total. The second-order valence-corrected chi connectivity index (χ2v) is 9.48. The number of hydrazone groups is 1. The molecule has 3 aromatic rings. The second-order valence-electron chi connectivity index (χ2n) is 8.53. The van der Waals surface area contributed by atoms with E-state index in [4.69, 9.17) is 14.0 Å². The van der Waals surface area contributed by atoms with Gasteiger partial charge in [-0.1, -0.05) is 18.2 Å². The Bertz CT molecular complexity index is 1150. The van der Waals surface area contributed by atoms with Gasteiger partial charge >= 0.3 is 5.97 Å². The largest absolute Gasteiger partial charge is 0.478 e. The molecule has 0 fully saturated rings. The first-order chi connectivity index (χ1) is 16.2. The van der Waals surface area contributed by atoms with Gasteiger partial charge in [-0.2, -0.15) is 10.3 Å². The van der Waals surface area contributed by atoms with Crippen molar-refractivity contribution in [2.24, 2.45) is 5.10 Å². The summed E-state index contributed by atoms with van der Waals surface area (Å²) in [5, 5.41) is 25.5. The molecule has 0 radical (unpaired) electrons. The smallest absolute Gasteiger partial charge is 0.347 e. The van der Waals surface area contributed by atoms with Crippen molar-refractivity contribution in [3.05, 3.63) is 52.2 Å². The van der Waals surface area contributed by atoms with Crippen LogP contribution in [0.25, 0.3) is 10.8 Å². The van der Waals surface area contributed by atoms with Crippen LogP contribution in [0.5, 0.6) is 5.75 Å². The van der Waals surface area contributed by atoms with Crippen LogP contribution in [0.4, 0.5) is 0 Å². The molecule has 0 unspecified atom stereocenters. The third-order valence-electron chi connectivity index (χ3n) is 5.19. The molecule has 0 atom stereocenters. The summed E-state index contributed by atoms with van der Waals surface area (Å²) in [5.41, 5.74) is 1.42. The third kappa shape index (κ3) is 5.61. The number of ether oxygens (including phenoxy) is 1. The van der Waals surface area contributed by atoms with E-state index < -0.39 is 11.6 Å². The van der Waals surface area contributed by atoms with E-state index in [0.29, 0.717) is 43.9 Å². The molecule has 2 aromatic heterocycles. The fraction of sp³-hybridized carbons (Fsp3) is 0.391. The van der Waals surface area contributed by atoms with Gasteiger partial charge in [0.2, 0.25) is 5.89 Å². The predicted molar refractivity (Wildman–Crippen MR) is 126 cm³/mol. The Kier molecular flexibility index (Phi) is 6.96. The van der Waals surface area contributed by atoms with Crippen LogP contribution >= 0.6 is 11.3 Å². The number of carboxylic acids is 1. The number of hydrogen-bond acceptors (Lipinski definition) is 10. The number of carboxylic acid groups (broad SMARTS) is 1. The van der Waals surface area contributed by atoms with E-state index in [2.05, 4.69) is 20.2 Å². The monoisotopic (exact) mass is 485 g/mol. The first-order valence-electron chi connectivity index (χ1n) is 10.8. The van der Waals surface area contributed by atoms with E-state index in [0.717, 1.165) is 21.6 Å². The number of carbonyl (C=O) groups is 1. The zero-order valence-corrected chi connectivity index (χ0v) is 20.3. The number of nitrogens with zero attached hydrogens (tertiary/aromatic N) is 5. The standard InChI is InChI=1S/C23H27N5O5S/c1-15-10-17(11-16(2)20(15)33-23(3,4)22(29)30)12-27(14-28-24-7-8-31-28)13-19-25-26-21(32-19)18-6-5-9-34-18/h5-7,9-11H,8,12-14H2,1-4H3,(H,29,30). The van der Waals surface area contributed by atoms with Crippen LogP contribution in [0.15, 0.2) is 39.2 Å². The van der Waals surface area contributed by atoms with Crippen molar-refractivity contribution in [1.82, 2.24) is 20.3 Å². The Morgan fingerprint density at radius 2 is 2.03 bits per heavy atom. The number of aliphatic carboxylic acids is 1. The molecule has 0 spiro atoms. The summed E-state index contributed by atoms with van der Waals surface area (Å²) in [6, 6.07) is 7.86. The van der Waals surface area contributed by atoms with Gasteiger partial charge in [-0.15, -0.1) is 21.5 Å². The molecular weight excluding hydrogens is 458 g/mol. The van der Waals surface area contributed by atoms with Crippen molar-refractivity contribution in [2.45, 2.75) is 46.4 Å². The lowest BCUT2D eigenvalue weighted by molar-refractivity contribution is -0.156. The molecule has 0 saturated heterocycles. The highest BCUT2D eigenvalue weighted by Gasteiger charge is 2.30. The molecule has 1 aromatic carbocycles. The van der Waals surface area contributed by atoms with E-state index in [9.17, 15) is 9.90 Å². The van der Waals surface area contributed by atoms with Crippen LogP contribution in [0.3, 0.4) is 0 Å². The third-order valence-corrected chi connectivity index (χ3v) is 6.04. The van der Waals surface area contributed by atoms with Gasteiger partial charge in [0.05, 0.1) is 17.6 Å². The fourth-order valence-electron chi connectivity index (χ4n) is 3.54. The average Bonchev–Trinajstić information content (AvgIpc) is 3.53. The van der Waals surface area contributed by atoms with E-state index in [1.807, 2.05) is 43.5 Å². The summed E-state index contributed by atoms with van der Waals surface area (Å²) in [7, 11) is 0. The summed E-state index contributed by atoms with van der Waals surface area (Å²) < 4.78 is 11.7. The Morgan fingerprint density at radius 1 is 1.26 bits per heavy atom. The van der Waals surface area contributed by atoms with Crippen molar-refractivity contribution in [2.75, 3.05) is 13.3 Å². The lowest BCUT2D eigenvalue weighted by Gasteiger charge is -2.26. The van der Waals surface area contributed by atoms with Crippen molar-refractivity contribution in [3.8, 4) is 16.5 Å².